The first-order chi connectivity index (χ1) is 8.26. The number of nitrogens with zero attached hydrogens (tertiary/aromatic N) is 1. The van der Waals surface area contributed by atoms with Gasteiger partial charge in [-0.3, -0.25) is 0 Å². The molecule has 0 saturated carbocycles. The maximum atomic E-state index is 4.44. The lowest BCUT2D eigenvalue weighted by molar-refractivity contribution is -0.385. The summed E-state index contributed by atoms with van der Waals surface area (Å²) in [7, 11) is 0. The van der Waals surface area contributed by atoms with Crippen molar-refractivity contribution in [3.05, 3.63) is 48.6 Å². The number of allylic oxidation sites excluding steroid dienone is 1. The lowest BCUT2D eigenvalue weighted by Gasteiger charge is -1.99. The number of H-pyrrole nitrogens is 1. The summed E-state index contributed by atoms with van der Waals surface area (Å²) < 4.78 is 0. The van der Waals surface area contributed by atoms with Gasteiger partial charge in [-0.2, -0.15) is 0 Å². The van der Waals surface area contributed by atoms with Crippen LogP contribution >= 0.6 is 0 Å². The largest absolute Gasteiger partial charge is 0.235 e. The molecule has 90 valence electrons. The zero-order valence-corrected chi connectivity index (χ0v) is 11.0. The van der Waals surface area contributed by atoms with E-state index < -0.39 is 0 Å². The van der Waals surface area contributed by atoms with Gasteiger partial charge in [0.1, 0.15) is 11.4 Å². The van der Waals surface area contributed by atoms with Crippen molar-refractivity contribution < 1.29 is 4.98 Å². The summed E-state index contributed by atoms with van der Waals surface area (Å²) in [4.78, 5) is 7.64. The van der Waals surface area contributed by atoms with Crippen LogP contribution in [-0.4, -0.2) is 4.98 Å². The Labute approximate surface area is 104 Å². The van der Waals surface area contributed by atoms with Crippen molar-refractivity contribution in [1.82, 2.24) is 4.98 Å². The number of hydrogen-bond donors (Lipinski definition) is 0. The molecule has 2 nitrogen and oxygen atoms in total. The van der Waals surface area contributed by atoms with Crippen LogP contribution in [0.2, 0.25) is 0 Å². The van der Waals surface area contributed by atoms with E-state index in [2.05, 4.69) is 29.7 Å². The minimum atomic E-state index is 0.795. The SMILES string of the molecule is C=Cc1nc(/C=C\C)c(C=C)[nH+]c1C=C.CC. The third-order valence-corrected chi connectivity index (χ3v) is 1.99. The van der Waals surface area contributed by atoms with Crippen LogP contribution in [0.5, 0.6) is 0 Å². The van der Waals surface area contributed by atoms with Crippen LogP contribution in [-0.2, 0) is 0 Å². The Hall–Kier alpha value is -1.96. The Balaban J connectivity index is 0.00000121. The fraction of sp³-hybridized carbons (Fsp3) is 0.200. The number of hydrogen-bond acceptors (Lipinski definition) is 1. The first-order valence-electron chi connectivity index (χ1n) is 5.74. The second-order valence-electron chi connectivity index (χ2n) is 2.95. The van der Waals surface area contributed by atoms with Gasteiger partial charge in [0, 0.05) is 12.2 Å². The zero-order chi connectivity index (χ0) is 13.3. The Morgan fingerprint density at radius 2 is 1.47 bits per heavy atom. The summed E-state index contributed by atoms with van der Waals surface area (Å²) in [6.45, 7) is 17.1. The Morgan fingerprint density at radius 1 is 0.941 bits per heavy atom. The molecular formula is C15H21N2+. The molecule has 0 fully saturated rings. The lowest BCUT2D eigenvalue weighted by Crippen LogP contribution is -2.17. The molecule has 1 N–H and O–H groups in total. The third kappa shape index (κ3) is 3.83. The minimum Gasteiger partial charge on any atom is -0.235 e. The molecule has 0 radical (unpaired) electrons. The van der Waals surface area contributed by atoms with Crippen molar-refractivity contribution >= 4 is 24.3 Å². The predicted octanol–water partition coefficient (Wildman–Crippen LogP) is 3.88. The molecular weight excluding hydrogens is 208 g/mol. The molecule has 0 aromatic carbocycles. The topological polar surface area (TPSA) is 27.0 Å². The first-order valence-corrected chi connectivity index (χ1v) is 5.74. The van der Waals surface area contributed by atoms with Crippen molar-refractivity contribution in [1.29, 1.82) is 0 Å². The second-order valence-corrected chi connectivity index (χ2v) is 2.95. The quantitative estimate of drug-likeness (QED) is 0.769. The second kappa shape index (κ2) is 8.22. The van der Waals surface area contributed by atoms with E-state index >= 15 is 0 Å². The molecule has 0 aliphatic rings. The summed E-state index contributed by atoms with van der Waals surface area (Å²) in [5, 5.41) is 0. The van der Waals surface area contributed by atoms with E-state index in [0.29, 0.717) is 0 Å². The molecule has 17 heavy (non-hydrogen) atoms. The van der Waals surface area contributed by atoms with E-state index in [1.165, 1.54) is 0 Å². The van der Waals surface area contributed by atoms with Crippen molar-refractivity contribution in [2.45, 2.75) is 20.8 Å². The maximum absolute atomic E-state index is 4.44. The number of aromatic amines is 1. The van der Waals surface area contributed by atoms with Crippen molar-refractivity contribution in [2.75, 3.05) is 0 Å². The van der Waals surface area contributed by atoms with Gasteiger partial charge in [-0.25, -0.2) is 9.97 Å². The average Bonchev–Trinajstić information content (AvgIpc) is 2.40. The third-order valence-electron chi connectivity index (χ3n) is 1.99. The molecule has 1 aromatic heterocycles. The standard InChI is InChI=1S/C13H14N2.C2H6/c1-5-9-13-12(8-4)14-10(6-2)11(7-3)15-13;1-2/h5-9H,2-4H2,1H3;1-2H3/p+1/b9-5-;. The molecule has 0 saturated heterocycles. The van der Waals surface area contributed by atoms with Gasteiger partial charge in [0.05, 0.1) is 0 Å². The molecule has 0 aliphatic heterocycles. The van der Waals surface area contributed by atoms with E-state index in [0.717, 1.165) is 22.8 Å². The Bertz CT molecular complexity index is 429. The molecule has 2 heteroatoms. The van der Waals surface area contributed by atoms with Crippen LogP contribution < -0.4 is 4.98 Å². The van der Waals surface area contributed by atoms with E-state index in [1.807, 2.05) is 32.9 Å². The summed E-state index contributed by atoms with van der Waals surface area (Å²) in [5.41, 5.74) is 3.39. The van der Waals surface area contributed by atoms with Gasteiger partial charge in [0.25, 0.3) is 0 Å². The van der Waals surface area contributed by atoms with Crippen LogP contribution in [0.3, 0.4) is 0 Å². The molecule has 0 aliphatic carbocycles. The minimum absolute atomic E-state index is 0.795. The van der Waals surface area contributed by atoms with E-state index in [1.54, 1.807) is 18.2 Å². The highest BCUT2D eigenvalue weighted by molar-refractivity contribution is 5.61. The molecule has 0 spiro atoms. The molecule has 0 unspecified atom stereocenters. The highest BCUT2D eigenvalue weighted by Gasteiger charge is 2.11. The molecule has 1 heterocycles. The van der Waals surface area contributed by atoms with Crippen LogP contribution in [0.1, 0.15) is 43.5 Å². The van der Waals surface area contributed by atoms with Gasteiger partial charge in [-0.05, 0) is 19.1 Å². The van der Waals surface area contributed by atoms with Crippen LogP contribution in [0.25, 0.3) is 24.3 Å². The number of nitrogens with one attached hydrogen (secondary N) is 1. The normalized spacial score (nSPS) is 9.35. The van der Waals surface area contributed by atoms with Gasteiger partial charge in [0.15, 0.2) is 0 Å². The zero-order valence-electron chi connectivity index (χ0n) is 11.0. The summed E-state index contributed by atoms with van der Waals surface area (Å²) in [6, 6.07) is 0. The van der Waals surface area contributed by atoms with Crippen molar-refractivity contribution in [3.63, 3.8) is 0 Å². The summed E-state index contributed by atoms with van der Waals surface area (Å²) in [5.74, 6) is 0. The van der Waals surface area contributed by atoms with Crippen molar-refractivity contribution in [2.24, 2.45) is 0 Å². The number of aromatic nitrogens is 2. The molecule has 0 atom stereocenters. The van der Waals surface area contributed by atoms with E-state index in [-0.39, 0.29) is 0 Å². The summed E-state index contributed by atoms with van der Waals surface area (Å²) in [6.07, 6.45) is 9.02. The maximum Gasteiger partial charge on any atom is 0.229 e. The average molecular weight is 229 g/mol. The van der Waals surface area contributed by atoms with Crippen molar-refractivity contribution in [3.8, 4) is 0 Å². The lowest BCUT2D eigenvalue weighted by atomic mass is 10.2. The molecule has 0 amide bonds. The Kier molecular flexibility index (Phi) is 7.27. The monoisotopic (exact) mass is 229 g/mol. The highest BCUT2D eigenvalue weighted by Crippen LogP contribution is 2.10. The van der Waals surface area contributed by atoms with Gasteiger partial charge >= 0.3 is 0 Å². The van der Waals surface area contributed by atoms with Gasteiger partial charge < -0.3 is 0 Å². The molecule has 0 bridgehead atoms. The Morgan fingerprint density at radius 3 is 1.88 bits per heavy atom. The van der Waals surface area contributed by atoms with E-state index in [4.69, 9.17) is 0 Å². The predicted molar refractivity (Wildman–Crippen MR) is 77.1 cm³/mol. The van der Waals surface area contributed by atoms with Crippen LogP contribution in [0, 0.1) is 0 Å². The molecule has 1 rings (SSSR count). The highest BCUT2D eigenvalue weighted by atomic mass is 14.8. The van der Waals surface area contributed by atoms with Crippen LogP contribution in [0.15, 0.2) is 25.8 Å². The molecule has 1 aromatic rings. The first kappa shape index (κ1) is 15.0. The fourth-order valence-corrected chi connectivity index (χ4v) is 1.28. The summed E-state index contributed by atoms with van der Waals surface area (Å²) >= 11 is 0. The van der Waals surface area contributed by atoms with Gasteiger partial charge in [-0.1, -0.05) is 39.7 Å². The van der Waals surface area contributed by atoms with Crippen LogP contribution in [0.4, 0.5) is 0 Å². The smallest absolute Gasteiger partial charge is 0.229 e. The fourth-order valence-electron chi connectivity index (χ4n) is 1.28. The van der Waals surface area contributed by atoms with Gasteiger partial charge in [-0.15, -0.1) is 0 Å². The van der Waals surface area contributed by atoms with E-state index in [9.17, 15) is 0 Å². The number of rotatable bonds is 4. The van der Waals surface area contributed by atoms with Gasteiger partial charge in [0.2, 0.25) is 11.4 Å².